The van der Waals surface area contributed by atoms with E-state index in [9.17, 15) is 9.59 Å². The Bertz CT molecular complexity index is 442. The van der Waals surface area contributed by atoms with Crippen molar-refractivity contribution in [1.82, 2.24) is 5.32 Å². The van der Waals surface area contributed by atoms with E-state index >= 15 is 0 Å². The highest BCUT2D eigenvalue weighted by molar-refractivity contribution is 5.84. The first-order valence-corrected chi connectivity index (χ1v) is 6.80. The summed E-state index contributed by atoms with van der Waals surface area (Å²) in [5.74, 6) is -0.520. The van der Waals surface area contributed by atoms with Crippen LogP contribution in [0.4, 0.5) is 0 Å². The van der Waals surface area contributed by atoms with Crippen LogP contribution in [0.5, 0.6) is 5.75 Å². The van der Waals surface area contributed by atoms with Crippen LogP contribution in [-0.4, -0.2) is 29.6 Å². The summed E-state index contributed by atoms with van der Waals surface area (Å²) < 4.78 is 5.32. The van der Waals surface area contributed by atoms with Crippen LogP contribution in [0.3, 0.4) is 0 Å². The number of carboxylic acid groups (broad SMARTS) is 1. The van der Waals surface area contributed by atoms with Crippen molar-refractivity contribution < 1.29 is 19.4 Å². The summed E-state index contributed by atoms with van der Waals surface area (Å²) in [5.41, 5.74) is 0.826. The highest BCUT2D eigenvalue weighted by Crippen LogP contribution is 2.12. The lowest BCUT2D eigenvalue weighted by Gasteiger charge is -2.13. The van der Waals surface area contributed by atoms with Crippen LogP contribution in [0.1, 0.15) is 32.3 Å². The van der Waals surface area contributed by atoms with Gasteiger partial charge in [-0.2, -0.15) is 0 Å². The van der Waals surface area contributed by atoms with E-state index in [0.29, 0.717) is 19.4 Å². The Kier molecular flexibility index (Phi) is 6.56. The van der Waals surface area contributed by atoms with E-state index in [4.69, 9.17) is 9.84 Å². The van der Waals surface area contributed by atoms with E-state index in [1.54, 1.807) is 24.3 Å². The Morgan fingerprint density at radius 3 is 2.40 bits per heavy atom. The number of carbonyl (C=O) groups excluding carboxylic acids is 1. The Morgan fingerprint density at radius 1 is 1.25 bits per heavy atom. The second-order valence-electron chi connectivity index (χ2n) is 4.50. The molecule has 2 N–H and O–H groups in total. The second kappa shape index (κ2) is 8.19. The number of carbonyl (C=O) groups is 2. The number of hydrogen-bond acceptors (Lipinski definition) is 3. The highest BCUT2D eigenvalue weighted by Gasteiger charge is 2.18. The van der Waals surface area contributed by atoms with E-state index < -0.39 is 12.0 Å². The first kappa shape index (κ1) is 16.0. The fourth-order valence-electron chi connectivity index (χ4n) is 1.85. The monoisotopic (exact) mass is 279 g/mol. The first-order chi connectivity index (χ1) is 9.56. The van der Waals surface area contributed by atoms with Crippen molar-refractivity contribution >= 4 is 11.9 Å². The molecule has 5 heteroatoms. The number of ether oxygens (including phenoxy) is 1. The molecule has 0 aromatic heterocycles. The summed E-state index contributed by atoms with van der Waals surface area (Å²) in [4.78, 5) is 22.8. The normalized spacial score (nSPS) is 11.7. The van der Waals surface area contributed by atoms with Crippen molar-refractivity contribution in [3.05, 3.63) is 29.8 Å². The summed E-state index contributed by atoms with van der Waals surface area (Å²) in [6, 6.07) is 6.40. The van der Waals surface area contributed by atoms with Gasteiger partial charge in [0.1, 0.15) is 11.8 Å². The van der Waals surface area contributed by atoms with Crippen LogP contribution in [0.25, 0.3) is 0 Å². The Labute approximate surface area is 118 Å². The molecule has 1 aromatic carbocycles. The molecule has 20 heavy (non-hydrogen) atoms. The molecule has 0 heterocycles. The van der Waals surface area contributed by atoms with Crippen molar-refractivity contribution in [3.8, 4) is 5.75 Å². The molecule has 0 saturated heterocycles. The van der Waals surface area contributed by atoms with Crippen molar-refractivity contribution in [2.75, 3.05) is 6.61 Å². The maximum absolute atomic E-state index is 11.8. The van der Waals surface area contributed by atoms with Crippen LogP contribution in [0, 0.1) is 0 Å². The van der Waals surface area contributed by atoms with Crippen LogP contribution in [-0.2, 0) is 16.0 Å². The van der Waals surface area contributed by atoms with Crippen LogP contribution in [0.2, 0.25) is 0 Å². The summed E-state index contributed by atoms with van der Waals surface area (Å²) >= 11 is 0. The van der Waals surface area contributed by atoms with Gasteiger partial charge in [-0.3, -0.25) is 4.79 Å². The lowest BCUT2D eigenvalue weighted by molar-refractivity contribution is -0.141. The lowest BCUT2D eigenvalue weighted by atomic mass is 10.1. The quantitative estimate of drug-likeness (QED) is 0.763. The van der Waals surface area contributed by atoms with E-state index in [0.717, 1.165) is 11.3 Å². The molecule has 0 fully saturated rings. The number of carboxylic acids is 1. The fourth-order valence-corrected chi connectivity index (χ4v) is 1.85. The number of nitrogens with one attached hydrogen (secondary N) is 1. The minimum atomic E-state index is -0.994. The zero-order chi connectivity index (χ0) is 15.0. The van der Waals surface area contributed by atoms with E-state index in [1.165, 1.54) is 0 Å². The van der Waals surface area contributed by atoms with Crippen molar-refractivity contribution in [2.45, 2.75) is 39.2 Å². The molecule has 0 aliphatic rings. The molecule has 1 unspecified atom stereocenters. The van der Waals surface area contributed by atoms with Crippen molar-refractivity contribution in [2.24, 2.45) is 0 Å². The molecule has 0 aliphatic heterocycles. The maximum atomic E-state index is 11.8. The smallest absolute Gasteiger partial charge is 0.326 e. The molecule has 110 valence electrons. The topological polar surface area (TPSA) is 75.6 Å². The molecular weight excluding hydrogens is 258 g/mol. The van der Waals surface area contributed by atoms with Gasteiger partial charge < -0.3 is 15.2 Å². The number of amides is 1. The minimum Gasteiger partial charge on any atom is -0.494 e. The van der Waals surface area contributed by atoms with Crippen LogP contribution >= 0.6 is 0 Å². The van der Waals surface area contributed by atoms with Gasteiger partial charge in [-0.1, -0.05) is 25.5 Å². The van der Waals surface area contributed by atoms with Gasteiger partial charge in [0.25, 0.3) is 0 Å². The summed E-state index contributed by atoms with van der Waals surface area (Å²) in [5, 5.41) is 11.5. The number of aliphatic carboxylic acids is 1. The third-order valence-corrected chi connectivity index (χ3v) is 2.81. The second-order valence-corrected chi connectivity index (χ2v) is 4.50. The van der Waals surface area contributed by atoms with Gasteiger partial charge >= 0.3 is 5.97 Å². The molecular formula is C15H21NO4. The number of hydrogen-bond donors (Lipinski definition) is 2. The Balaban J connectivity index is 2.54. The summed E-state index contributed by atoms with van der Waals surface area (Å²) in [7, 11) is 0. The molecule has 0 aliphatic carbocycles. The van der Waals surface area contributed by atoms with E-state index in [2.05, 4.69) is 5.32 Å². The van der Waals surface area contributed by atoms with Crippen LogP contribution < -0.4 is 10.1 Å². The number of rotatable bonds is 8. The molecule has 1 aromatic rings. The van der Waals surface area contributed by atoms with E-state index in [1.807, 2.05) is 13.8 Å². The first-order valence-electron chi connectivity index (χ1n) is 6.80. The molecule has 0 spiro atoms. The van der Waals surface area contributed by atoms with Gasteiger partial charge in [0.15, 0.2) is 0 Å². The predicted molar refractivity (Wildman–Crippen MR) is 75.8 cm³/mol. The van der Waals surface area contributed by atoms with Gasteiger partial charge in [-0.05, 0) is 31.0 Å². The van der Waals surface area contributed by atoms with E-state index in [-0.39, 0.29) is 12.3 Å². The average molecular weight is 279 g/mol. The van der Waals surface area contributed by atoms with Gasteiger partial charge in [0, 0.05) is 0 Å². The largest absolute Gasteiger partial charge is 0.494 e. The number of benzene rings is 1. The Hall–Kier alpha value is -2.04. The molecule has 1 rings (SSSR count). The van der Waals surface area contributed by atoms with Gasteiger partial charge in [-0.25, -0.2) is 4.79 Å². The average Bonchev–Trinajstić information content (AvgIpc) is 2.40. The fraction of sp³-hybridized carbons (Fsp3) is 0.467. The molecule has 0 bridgehead atoms. The van der Waals surface area contributed by atoms with Crippen molar-refractivity contribution in [3.63, 3.8) is 0 Å². The minimum absolute atomic E-state index is 0.167. The molecule has 1 atom stereocenters. The third kappa shape index (κ3) is 5.30. The lowest BCUT2D eigenvalue weighted by Crippen LogP contribution is -2.41. The predicted octanol–water partition coefficient (Wildman–Crippen LogP) is 2.00. The van der Waals surface area contributed by atoms with Crippen molar-refractivity contribution in [1.29, 1.82) is 0 Å². The molecule has 0 radical (unpaired) electrons. The SMILES string of the molecule is CCCC(NC(=O)Cc1ccc(OCC)cc1)C(=O)O. The molecule has 1 amide bonds. The van der Waals surface area contributed by atoms with Gasteiger partial charge in [-0.15, -0.1) is 0 Å². The van der Waals surface area contributed by atoms with Crippen LogP contribution in [0.15, 0.2) is 24.3 Å². The molecule has 0 saturated carbocycles. The highest BCUT2D eigenvalue weighted by atomic mass is 16.5. The summed E-state index contributed by atoms with van der Waals surface area (Å²) in [6.45, 7) is 4.38. The zero-order valence-electron chi connectivity index (χ0n) is 11.9. The van der Waals surface area contributed by atoms with Gasteiger partial charge in [0.05, 0.1) is 13.0 Å². The Morgan fingerprint density at radius 2 is 1.90 bits per heavy atom. The summed E-state index contributed by atoms with van der Waals surface area (Å²) in [6.07, 6.45) is 1.31. The third-order valence-electron chi connectivity index (χ3n) is 2.81. The standard InChI is InChI=1S/C15H21NO4/c1-3-5-13(15(18)19)16-14(17)10-11-6-8-12(9-7-11)20-4-2/h6-9,13H,3-5,10H2,1-2H3,(H,16,17)(H,18,19). The maximum Gasteiger partial charge on any atom is 0.326 e. The molecule has 5 nitrogen and oxygen atoms in total. The van der Waals surface area contributed by atoms with Gasteiger partial charge in [0.2, 0.25) is 5.91 Å². The zero-order valence-corrected chi connectivity index (χ0v) is 11.9.